The maximum Gasteiger partial charge on any atom is 0.191 e. The number of hydrogen-bond acceptors (Lipinski definition) is 1. The van der Waals surface area contributed by atoms with E-state index in [4.69, 9.17) is 4.74 Å². The van der Waals surface area contributed by atoms with Gasteiger partial charge in [0.15, 0.2) is 17.4 Å². The lowest BCUT2D eigenvalue weighted by Crippen LogP contribution is -2.30. The van der Waals surface area contributed by atoms with Gasteiger partial charge in [-0.1, -0.05) is 68.7 Å². The molecule has 3 aromatic carbocycles. The lowest BCUT2D eigenvalue weighted by molar-refractivity contribution is 0.114. The summed E-state index contributed by atoms with van der Waals surface area (Å²) in [5.41, 5.74) is 2.21. The summed E-state index contributed by atoms with van der Waals surface area (Å²) >= 11 is 0. The number of fused-ring (bicyclic) bond motifs is 1. The molecule has 0 spiro atoms. The second-order valence-electron chi connectivity index (χ2n) is 10.8. The van der Waals surface area contributed by atoms with Gasteiger partial charge in [-0.15, -0.1) is 0 Å². The van der Waals surface area contributed by atoms with E-state index in [0.29, 0.717) is 5.92 Å². The summed E-state index contributed by atoms with van der Waals surface area (Å²) in [6, 6.07) is 16.7. The molecule has 2 aliphatic carbocycles. The van der Waals surface area contributed by atoms with Crippen LogP contribution < -0.4 is 4.74 Å². The van der Waals surface area contributed by atoms with Gasteiger partial charge in [0.1, 0.15) is 12.4 Å². The van der Waals surface area contributed by atoms with Gasteiger partial charge in [0.25, 0.3) is 0 Å². The number of rotatable bonds is 7. The SMILES string of the molecule is CCCC1CCC2CC(c3ccc(-c4cc(F)c(OCc5ccccc5)c(F)c4)c(F)c3)CCC2C1. The quantitative estimate of drug-likeness (QED) is 0.319. The number of benzene rings is 3. The van der Waals surface area contributed by atoms with E-state index in [1.807, 2.05) is 36.4 Å². The van der Waals surface area contributed by atoms with Gasteiger partial charge < -0.3 is 4.74 Å². The van der Waals surface area contributed by atoms with Crippen molar-refractivity contribution in [2.45, 2.75) is 70.8 Å². The molecule has 3 aromatic rings. The number of halogens is 3. The summed E-state index contributed by atoms with van der Waals surface area (Å²) in [6.07, 6.45) is 10.0. The van der Waals surface area contributed by atoms with Crippen molar-refractivity contribution in [2.75, 3.05) is 0 Å². The zero-order valence-electron chi connectivity index (χ0n) is 21.0. The van der Waals surface area contributed by atoms with E-state index < -0.39 is 23.2 Å². The first-order chi connectivity index (χ1) is 17.5. The zero-order chi connectivity index (χ0) is 25.1. The van der Waals surface area contributed by atoms with Crippen LogP contribution in [0.4, 0.5) is 13.2 Å². The van der Waals surface area contributed by atoms with E-state index in [0.717, 1.165) is 53.9 Å². The second-order valence-corrected chi connectivity index (χ2v) is 10.8. The normalized spacial score (nSPS) is 23.8. The lowest BCUT2D eigenvalue weighted by atomic mass is 9.63. The highest BCUT2D eigenvalue weighted by Crippen LogP contribution is 2.48. The molecule has 4 heteroatoms. The fourth-order valence-electron chi connectivity index (χ4n) is 6.56. The molecule has 190 valence electrons. The van der Waals surface area contributed by atoms with Crippen molar-refractivity contribution in [3.05, 3.63) is 89.2 Å². The van der Waals surface area contributed by atoms with Crippen molar-refractivity contribution in [3.63, 3.8) is 0 Å². The molecule has 36 heavy (non-hydrogen) atoms. The Balaban J connectivity index is 1.28. The highest BCUT2D eigenvalue weighted by atomic mass is 19.1. The smallest absolute Gasteiger partial charge is 0.191 e. The number of hydrogen-bond donors (Lipinski definition) is 0. The molecule has 5 rings (SSSR count). The minimum Gasteiger partial charge on any atom is -0.483 e. The topological polar surface area (TPSA) is 9.23 Å². The van der Waals surface area contributed by atoms with Crippen LogP contribution in [0.5, 0.6) is 5.75 Å². The van der Waals surface area contributed by atoms with Crippen molar-refractivity contribution >= 4 is 0 Å². The molecule has 0 radical (unpaired) electrons. The highest BCUT2D eigenvalue weighted by Gasteiger charge is 2.35. The lowest BCUT2D eigenvalue weighted by Gasteiger charge is -2.42. The van der Waals surface area contributed by atoms with Crippen molar-refractivity contribution in [1.82, 2.24) is 0 Å². The fraction of sp³-hybridized carbons (Fsp3) is 0.438. The van der Waals surface area contributed by atoms with Crippen LogP contribution in [-0.4, -0.2) is 0 Å². The monoisotopic (exact) mass is 492 g/mol. The predicted octanol–water partition coefficient (Wildman–Crippen LogP) is 9.45. The molecular formula is C32H35F3O. The second kappa shape index (κ2) is 11.1. The first kappa shape index (κ1) is 24.9. The van der Waals surface area contributed by atoms with Crippen LogP contribution in [0.25, 0.3) is 11.1 Å². The van der Waals surface area contributed by atoms with Gasteiger partial charge in [-0.2, -0.15) is 0 Å². The molecule has 4 unspecified atom stereocenters. The molecule has 0 heterocycles. The Morgan fingerprint density at radius 3 is 2.22 bits per heavy atom. The van der Waals surface area contributed by atoms with E-state index in [-0.39, 0.29) is 17.7 Å². The van der Waals surface area contributed by atoms with Crippen LogP contribution in [0.15, 0.2) is 60.7 Å². The van der Waals surface area contributed by atoms with Crippen LogP contribution in [-0.2, 0) is 6.61 Å². The van der Waals surface area contributed by atoms with Gasteiger partial charge in [-0.3, -0.25) is 0 Å². The Bertz CT molecular complexity index is 1150. The first-order valence-corrected chi connectivity index (χ1v) is 13.5. The van der Waals surface area contributed by atoms with Crippen molar-refractivity contribution in [1.29, 1.82) is 0 Å². The van der Waals surface area contributed by atoms with Crippen LogP contribution in [0.2, 0.25) is 0 Å². The Hall–Kier alpha value is -2.75. The molecule has 0 bridgehead atoms. The molecule has 2 aliphatic rings. The third-order valence-electron chi connectivity index (χ3n) is 8.42. The average molecular weight is 493 g/mol. The molecule has 0 aliphatic heterocycles. The van der Waals surface area contributed by atoms with Crippen LogP contribution >= 0.6 is 0 Å². The van der Waals surface area contributed by atoms with Gasteiger partial charge in [0, 0.05) is 5.56 Å². The summed E-state index contributed by atoms with van der Waals surface area (Å²) < 4.78 is 50.1. The third kappa shape index (κ3) is 5.48. The Kier molecular flexibility index (Phi) is 7.69. The van der Waals surface area contributed by atoms with E-state index >= 15 is 4.39 Å². The Morgan fingerprint density at radius 1 is 0.778 bits per heavy atom. The van der Waals surface area contributed by atoms with E-state index in [9.17, 15) is 8.78 Å². The third-order valence-corrected chi connectivity index (χ3v) is 8.42. The molecular weight excluding hydrogens is 457 g/mol. The summed E-state index contributed by atoms with van der Waals surface area (Å²) in [7, 11) is 0. The fourth-order valence-corrected chi connectivity index (χ4v) is 6.56. The van der Waals surface area contributed by atoms with E-state index in [2.05, 4.69) is 6.92 Å². The van der Waals surface area contributed by atoms with Crippen LogP contribution in [0.3, 0.4) is 0 Å². The Labute approximate surface area is 212 Å². The average Bonchev–Trinajstić information content (AvgIpc) is 2.88. The van der Waals surface area contributed by atoms with Crippen molar-refractivity contribution < 1.29 is 17.9 Å². The minimum atomic E-state index is -0.832. The number of ether oxygens (including phenoxy) is 1. The standard InChI is InChI=1S/C32H35F3O/c1-2-6-21-9-10-24-16-25(12-11-23(24)15-21)26-13-14-28(29(33)17-26)27-18-30(34)32(31(35)19-27)36-20-22-7-4-3-5-8-22/h3-5,7-8,13-14,17-19,21,23-25H,2,6,9-12,15-16,20H2,1H3. The predicted molar refractivity (Wildman–Crippen MR) is 138 cm³/mol. The van der Waals surface area contributed by atoms with E-state index in [1.165, 1.54) is 38.5 Å². The molecule has 4 atom stereocenters. The first-order valence-electron chi connectivity index (χ1n) is 13.5. The summed E-state index contributed by atoms with van der Waals surface area (Å²) in [5, 5.41) is 0. The largest absolute Gasteiger partial charge is 0.483 e. The minimum absolute atomic E-state index is 0.0551. The molecule has 0 N–H and O–H groups in total. The van der Waals surface area contributed by atoms with Gasteiger partial charge in [-0.05, 0) is 90.7 Å². The summed E-state index contributed by atoms with van der Waals surface area (Å²) in [6.45, 7) is 2.33. The van der Waals surface area contributed by atoms with Gasteiger partial charge in [0.05, 0.1) is 0 Å². The maximum absolute atomic E-state index is 15.2. The molecule has 2 saturated carbocycles. The van der Waals surface area contributed by atoms with Crippen LogP contribution in [0.1, 0.15) is 75.3 Å². The highest BCUT2D eigenvalue weighted by molar-refractivity contribution is 5.66. The van der Waals surface area contributed by atoms with Gasteiger partial charge in [-0.25, -0.2) is 13.2 Å². The van der Waals surface area contributed by atoms with E-state index in [1.54, 1.807) is 12.1 Å². The van der Waals surface area contributed by atoms with Crippen LogP contribution in [0, 0.1) is 35.2 Å². The Morgan fingerprint density at radius 2 is 1.50 bits per heavy atom. The molecule has 0 saturated heterocycles. The summed E-state index contributed by atoms with van der Waals surface area (Å²) in [5.74, 6) is 0.279. The van der Waals surface area contributed by atoms with Gasteiger partial charge in [0.2, 0.25) is 0 Å². The zero-order valence-corrected chi connectivity index (χ0v) is 21.0. The molecule has 0 amide bonds. The van der Waals surface area contributed by atoms with Gasteiger partial charge >= 0.3 is 0 Å². The molecule has 0 aromatic heterocycles. The van der Waals surface area contributed by atoms with Crippen molar-refractivity contribution in [3.8, 4) is 16.9 Å². The molecule has 2 fully saturated rings. The molecule has 1 nitrogen and oxygen atoms in total. The summed E-state index contributed by atoms with van der Waals surface area (Å²) in [4.78, 5) is 0. The van der Waals surface area contributed by atoms with Crippen molar-refractivity contribution in [2.24, 2.45) is 17.8 Å². The maximum atomic E-state index is 15.2.